The van der Waals surface area contributed by atoms with Crippen molar-refractivity contribution in [3.8, 4) is 0 Å². The van der Waals surface area contributed by atoms with Crippen LogP contribution in [0.15, 0.2) is 18.2 Å². The van der Waals surface area contributed by atoms with E-state index in [1.54, 1.807) is 17.0 Å². The third kappa shape index (κ3) is 3.65. The van der Waals surface area contributed by atoms with Crippen molar-refractivity contribution in [1.29, 1.82) is 0 Å². The van der Waals surface area contributed by atoms with Gasteiger partial charge in [-0.05, 0) is 12.1 Å². The molecule has 30 heavy (non-hydrogen) atoms. The Bertz CT molecular complexity index is 978. The number of hydrogen-bond acceptors (Lipinski definition) is 6. The molecule has 0 unspecified atom stereocenters. The molecule has 9 nitrogen and oxygen atoms in total. The number of benzene rings is 1. The van der Waals surface area contributed by atoms with Crippen LogP contribution in [-0.2, 0) is 24.8 Å². The highest BCUT2D eigenvalue weighted by atomic mass is 16.6. The highest BCUT2D eigenvalue weighted by molar-refractivity contribution is 5.96. The van der Waals surface area contributed by atoms with Gasteiger partial charge in [-0.15, -0.1) is 0 Å². The third-order valence-electron chi connectivity index (χ3n) is 5.86. The van der Waals surface area contributed by atoms with Gasteiger partial charge < -0.3 is 19.1 Å². The summed E-state index contributed by atoms with van der Waals surface area (Å²) in [5, 5.41) is 11.8. The van der Waals surface area contributed by atoms with Crippen LogP contribution < -0.4 is 4.90 Å². The Kier molecular flexibility index (Phi) is 5.46. The quantitative estimate of drug-likeness (QED) is 0.565. The first-order valence-electron chi connectivity index (χ1n) is 10.3. The number of hydrogen-bond donors (Lipinski definition) is 0. The molecule has 0 radical (unpaired) electrons. The molecule has 1 aromatic carbocycles. The van der Waals surface area contributed by atoms with Gasteiger partial charge >= 0.3 is 0 Å². The molecule has 1 fully saturated rings. The Hall–Kier alpha value is -2.94. The van der Waals surface area contributed by atoms with Crippen molar-refractivity contribution >= 4 is 17.3 Å². The number of anilines is 1. The van der Waals surface area contributed by atoms with E-state index in [9.17, 15) is 14.9 Å². The van der Waals surface area contributed by atoms with Gasteiger partial charge in [0, 0.05) is 56.3 Å². The standard InChI is InChI=1S/C21H27N5O4/c1-14(2)20-22-16-13-25(7-6-17(16)23(20)3)18-5-4-15(12-19(18)26(28)29)21(27)24-8-10-30-11-9-24/h4-5,12,14H,6-11,13H2,1-3H3. The first-order valence-corrected chi connectivity index (χ1v) is 10.3. The van der Waals surface area contributed by atoms with E-state index in [4.69, 9.17) is 9.72 Å². The molecule has 0 N–H and O–H groups in total. The summed E-state index contributed by atoms with van der Waals surface area (Å²) in [6, 6.07) is 4.79. The molecule has 0 bridgehead atoms. The van der Waals surface area contributed by atoms with Crippen molar-refractivity contribution < 1.29 is 14.5 Å². The Morgan fingerprint density at radius 1 is 1.23 bits per heavy atom. The van der Waals surface area contributed by atoms with E-state index in [1.165, 1.54) is 11.8 Å². The minimum Gasteiger partial charge on any atom is -0.378 e. The predicted octanol–water partition coefficient (Wildman–Crippen LogP) is 2.49. The van der Waals surface area contributed by atoms with Gasteiger partial charge in [0.15, 0.2) is 0 Å². The number of fused-ring (bicyclic) bond motifs is 1. The first kappa shape index (κ1) is 20.3. The Morgan fingerprint density at radius 3 is 2.63 bits per heavy atom. The zero-order valence-corrected chi connectivity index (χ0v) is 17.6. The summed E-state index contributed by atoms with van der Waals surface area (Å²) in [5.41, 5.74) is 2.98. The lowest BCUT2D eigenvalue weighted by molar-refractivity contribution is -0.384. The number of aromatic nitrogens is 2. The number of rotatable bonds is 4. The predicted molar refractivity (Wildman–Crippen MR) is 112 cm³/mol. The van der Waals surface area contributed by atoms with E-state index in [0.29, 0.717) is 56.6 Å². The van der Waals surface area contributed by atoms with Gasteiger partial charge in [0.1, 0.15) is 11.5 Å². The number of carbonyl (C=O) groups is 1. The zero-order chi connectivity index (χ0) is 21.4. The Morgan fingerprint density at radius 2 is 1.97 bits per heavy atom. The molecule has 0 atom stereocenters. The topological polar surface area (TPSA) is 93.7 Å². The zero-order valence-electron chi connectivity index (χ0n) is 17.6. The van der Waals surface area contributed by atoms with Crippen molar-refractivity contribution in [2.75, 3.05) is 37.7 Å². The van der Waals surface area contributed by atoms with Crippen molar-refractivity contribution in [3.05, 3.63) is 51.1 Å². The largest absolute Gasteiger partial charge is 0.378 e. The van der Waals surface area contributed by atoms with E-state index < -0.39 is 4.92 Å². The molecule has 2 aromatic rings. The van der Waals surface area contributed by atoms with Gasteiger partial charge in [0.25, 0.3) is 11.6 Å². The van der Waals surface area contributed by atoms with Gasteiger partial charge in [0.2, 0.25) is 0 Å². The average molecular weight is 413 g/mol. The highest BCUT2D eigenvalue weighted by Gasteiger charge is 2.29. The van der Waals surface area contributed by atoms with Gasteiger partial charge in [0.05, 0.1) is 30.4 Å². The van der Waals surface area contributed by atoms with Crippen molar-refractivity contribution in [1.82, 2.24) is 14.5 Å². The second-order valence-corrected chi connectivity index (χ2v) is 8.11. The van der Waals surface area contributed by atoms with Gasteiger partial charge in [-0.2, -0.15) is 0 Å². The smallest absolute Gasteiger partial charge is 0.293 e. The molecule has 4 rings (SSSR count). The molecule has 1 saturated heterocycles. The van der Waals surface area contributed by atoms with E-state index in [0.717, 1.165) is 17.9 Å². The summed E-state index contributed by atoms with van der Waals surface area (Å²) < 4.78 is 7.43. The molecule has 2 aliphatic rings. The van der Waals surface area contributed by atoms with E-state index in [-0.39, 0.29) is 11.6 Å². The average Bonchev–Trinajstić information content (AvgIpc) is 3.09. The Balaban J connectivity index is 1.62. The van der Waals surface area contributed by atoms with Crippen molar-refractivity contribution in [3.63, 3.8) is 0 Å². The second kappa shape index (κ2) is 8.06. The van der Waals surface area contributed by atoms with Crippen LogP contribution in [0.25, 0.3) is 0 Å². The maximum Gasteiger partial charge on any atom is 0.293 e. The molecule has 0 aliphatic carbocycles. The van der Waals surface area contributed by atoms with Crippen LogP contribution in [0.4, 0.5) is 11.4 Å². The molecule has 2 aliphatic heterocycles. The summed E-state index contributed by atoms with van der Waals surface area (Å²) in [7, 11) is 2.03. The van der Waals surface area contributed by atoms with Gasteiger partial charge in [-0.1, -0.05) is 13.8 Å². The van der Waals surface area contributed by atoms with Crippen LogP contribution in [0, 0.1) is 10.1 Å². The number of nitro benzene ring substituents is 1. The fraction of sp³-hybridized carbons (Fsp3) is 0.524. The SMILES string of the molecule is CC(C)c1nc2c(n1C)CCN(c1ccc(C(=O)N3CCOCC3)cc1[N+](=O)[O-])C2. The lowest BCUT2D eigenvalue weighted by Crippen LogP contribution is -2.40. The number of ether oxygens (including phenoxy) is 1. The van der Waals surface area contributed by atoms with Gasteiger partial charge in [-0.3, -0.25) is 14.9 Å². The number of nitrogens with zero attached hydrogens (tertiary/aromatic N) is 5. The molecule has 160 valence electrons. The maximum atomic E-state index is 12.8. The first-order chi connectivity index (χ1) is 14.4. The fourth-order valence-electron chi connectivity index (χ4n) is 4.29. The van der Waals surface area contributed by atoms with Crippen LogP contribution >= 0.6 is 0 Å². The fourth-order valence-corrected chi connectivity index (χ4v) is 4.29. The highest BCUT2D eigenvalue weighted by Crippen LogP contribution is 2.34. The van der Waals surface area contributed by atoms with E-state index in [1.807, 2.05) is 11.9 Å². The second-order valence-electron chi connectivity index (χ2n) is 8.11. The summed E-state index contributed by atoms with van der Waals surface area (Å²) in [5.74, 6) is 1.15. The lowest BCUT2D eigenvalue weighted by Gasteiger charge is -2.29. The minimum absolute atomic E-state index is 0.0439. The molecule has 0 saturated carbocycles. The van der Waals surface area contributed by atoms with Crippen LogP contribution in [-0.4, -0.2) is 58.1 Å². The molecule has 3 heterocycles. The summed E-state index contributed by atoms with van der Waals surface area (Å²) in [6.45, 7) is 7.40. The number of amides is 1. The number of carbonyl (C=O) groups excluding carboxylic acids is 1. The van der Waals surface area contributed by atoms with E-state index >= 15 is 0 Å². The summed E-state index contributed by atoms with van der Waals surface area (Å²) >= 11 is 0. The molecule has 1 amide bonds. The van der Waals surface area contributed by atoms with E-state index in [2.05, 4.69) is 18.4 Å². The number of imidazole rings is 1. The van der Waals surface area contributed by atoms with Gasteiger partial charge in [-0.25, -0.2) is 4.98 Å². The monoisotopic (exact) mass is 413 g/mol. The van der Waals surface area contributed by atoms with Crippen LogP contribution in [0.3, 0.4) is 0 Å². The maximum absolute atomic E-state index is 12.8. The molecule has 0 spiro atoms. The third-order valence-corrected chi connectivity index (χ3v) is 5.86. The van der Waals surface area contributed by atoms with Crippen LogP contribution in [0.1, 0.15) is 47.3 Å². The molecule has 1 aromatic heterocycles. The summed E-state index contributed by atoms with van der Waals surface area (Å²) in [6.07, 6.45) is 0.775. The minimum atomic E-state index is -0.404. The molecule has 9 heteroatoms. The normalized spacial score (nSPS) is 16.7. The van der Waals surface area contributed by atoms with Crippen LogP contribution in [0.2, 0.25) is 0 Å². The number of nitro groups is 1. The Labute approximate surface area is 175 Å². The van der Waals surface area contributed by atoms with Crippen molar-refractivity contribution in [2.45, 2.75) is 32.7 Å². The summed E-state index contributed by atoms with van der Waals surface area (Å²) in [4.78, 5) is 32.6. The number of morpholine rings is 1. The molecular formula is C21H27N5O4. The van der Waals surface area contributed by atoms with Crippen LogP contribution in [0.5, 0.6) is 0 Å². The van der Waals surface area contributed by atoms with Crippen molar-refractivity contribution in [2.24, 2.45) is 7.05 Å². The molecular weight excluding hydrogens is 386 g/mol. The lowest BCUT2D eigenvalue weighted by atomic mass is 10.1.